The molecule has 146 valence electrons. The lowest BCUT2D eigenvalue weighted by Gasteiger charge is -2.31. The van der Waals surface area contributed by atoms with Crippen LogP contribution in [0.4, 0.5) is 0 Å². The van der Waals surface area contributed by atoms with Crippen LogP contribution in [-0.2, 0) is 5.54 Å². The summed E-state index contributed by atoms with van der Waals surface area (Å²) in [5, 5.41) is 15.2. The zero-order valence-corrected chi connectivity index (χ0v) is 16.6. The molecule has 0 atom stereocenters. The van der Waals surface area contributed by atoms with E-state index >= 15 is 0 Å². The molecule has 7 heteroatoms. The highest BCUT2D eigenvalue weighted by Crippen LogP contribution is 2.39. The summed E-state index contributed by atoms with van der Waals surface area (Å²) in [6.07, 6.45) is 6.28. The van der Waals surface area contributed by atoms with Gasteiger partial charge in [0.15, 0.2) is 5.69 Å². The van der Waals surface area contributed by atoms with Crippen LogP contribution < -0.4 is 10.6 Å². The first-order valence-electron chi connectivity index (χ1n) is 9.70. The van der Waals surface area contributed by atoms with Crippen molar-refractivity contribution in [2.24, 2.45) is 0 Å². The lowest BCUT2D eigenvalue weighted by atomic mass is 9.88. The van der Waals surface area contributed by atoms with Gasteiger partial charge < -0.3 is 10.6 Å². The van der Waals surface area contributed by atoms with Crippen molar-refractivity contribution in [1.82, 2.24) is 25.6 Å². The summed E-state index contributed by atoms with van der Waals surface area (Å²) < 4.78 is 1.94. The summed E-state index contributed by atoms with van der Waals surface area (Å²) in [6, 6.07) is 10.7. The second kappa shape index (κ2) is 8.40. The number of halogens is 1. The molecule has 4 rings (SSSR count). The van der Waals surface area contributed by atoms with Crippen molar-refractivity contribution in [2.75, 3.05) is 13.1 Å². The standard InChI is InChI=1S/C20H27N5O.ClH/c1-15-18(23-24-25(15)17-9-13-21-14-10-17)19(26)22-20(11-5-6-12-20)16-7-3-2-4-8-16;/h2-4,7-8,17,21H,5-6,9-14H2,1H3,(H,22,26);1H. The molecule has 2 aromatic rings. The van der Waals surface area contributed by atoms with Crippen LogP contribution >= 0.6 is 12.4 Å². The molecule has 1 saturated heterocycles. The third kappa shape index (κ3) is 3.87. The van der Waals surface area contributed by atoms with Gasteiger partial charge in [-0.3, -0.25) is 4.79 Å². The van der Waals surface area contributed by atoms with Gasteiger partial charge in [0.05, 0.1) is 17.3 Å². The third-order valence-electron chi connectivity index (χ3n) is 5.93. The highest BCUT2D eigenvalue weighted by Gasteiger charge is 2.38. The topological polar surface area (TPSA) is 71.8 Å². The van der Waals surface area contributed by atoms with Crippen LogP contribution in [0.1, 0.15) is 66.3 Å². The van der Waals surface area contributed by atoms with Gasteiger partial charge in [-0.05, 0) is 51.3 Å². The van der Waals surface area contributed by atoms with Gasteiger partial charge in [-0.15, -0.1) is 17.5 Å². The van der Waals surface area contributed by atoms with Gasteiger partial charge in [-0.1, -0.05) is 48.4 Å². The molecule has 2 fully saturated rings. The summed E-state index contributed by atoms with van der Waals surface area (Å²) in [4.78, 5) is 13.1. The van der Waals surface area contributed by atoms with E-state index in [0.29, 0.717) is 11.7 Å². The molecule has 2 N–H and O–H groups in total. The number of rotatable bonds is 4. The molecule has 1 aromatic heterocycles. The van der Waals surface area contributed by atoms with E-state index in [4.69, 9.17) is 0 Å². The Labute approximate surface area is 166 Å². The van der Waals surface area contributed by atoms with E-state index < -0.39 is 0 Å². The van der Waals surface area contributed by atoms with Gasteiger partial charge in [-0.2, -0.15) is 0 Å². The van der Waals surface area contributed by atoms with Crippen LogP contribution in [0.2, 0.25) is 0 Å². The minimum Gasteiger partial charge on any atom is -0.341 e. The lowest BCUT2D eigenvalue weighted by Crippen LogP contribution is -2.44. The van der Waals surface area contributed by atoms with Crippen LogP contribution in [-0.4, -0.2) is 34.0 Å². The normalized spacial score (nSPS) is 19.4. The van der Waals surface area contributed by atoms with Crippen LogP contribution in [0.5, 0.6) is 0 Å². The maximum absolute atomic E-state index is 13.1. The SMILES string of the molecule is Cc1c(C(=O)NC2(c3ccccc3)CCCC2)nnn1C1CCNCC1.Cl. The highest BCUT2D eigenvalue weighted by atomic mass is 35.5. The van der Waals surface area contributed by atoms with E-state index in [9.17, 15) is 4.79 Å². The van der Waals surface area contributed by atoms with E-state index in [1.165, 1.54) is 5.56 Å². The molecule has 27 heavy (non-hydrogen) atoms. The van der Waals surface area contributed by atoms with Crippen molar-refractivity contribution in [1.29, 1.82) is 0 Å². The predicted molar refractivity (Wildman–Crippen MR) is 107 cm³/mol. The minimum absolute atomic E-state index is 0. The fourth-order valence-corrected chi connectivity index (χ4v) is 4.45. The lowest BCUT2D eigenvalue weighted by molar-refractivity contribution is 0.0892. The van der Waals surface area contributed by atoms with Crippen LogP contribution in [0.15, 0.2) is 30.3 Å². The molecular formula is C20H28ClN5O. The molecule has 1 saturated carbocycles. The number of nitrogens with one attached hydrogen (secondary N) is 2. The third-order valence-corrected chi connectivity index (χ3v) is 5.93. The Morgan fingerprint density at radius 3 is 2.52 bits per heavy atom. The molecule has 1 amide bonds. The summed E-state index contributed by atoms with van der Waals surface area (Å²) >= 11 is 0. The number of nitrogens with zero attached hydrogens (tertiary/aromatic N) is 3. The zero-order valence-electron chi connectivity index (χ0n) is 15.8. The van der Waals surface area contributed by atoms with E-state index in [-0.39, 0.29) is 23.9 Å². The Morgan fingerprint density at radius 1 is 1.19 bits per heavy atom. The van der Waals surface area contributed by atoms with Crippen molar-refractivity contribution in [3.63, 3.8) is 0 Å². The number of hydrogen-bond donors (Lipinski definition) is 2. The number of amides is 1. The molecule has 1 aliphatic carbocycles. The molecule has 0 spiro atoms. The molecule has 2 heterocycles. The minimum atomic E-state index is -0.274. The van der Waals surface area contributed by atoms with Crippen LogP contribution in [0.3, 0.4) is 0 Å². The predicted octanol–water partition coefficient (Wildman–Crippen LogP) is 3.13. The molecule has 6 nitrogen and oxygen atoms in total. The summed E-state index contributed by atoms with van der Waals surface area (Å²) in [6.45, 7) is 3.94. The van der Waals surface area contributed by atoms with Gasteiger partial charge in [0.1, 0.15) is 0 Å². The highest BCUT2D eigenvalue weighted by molar-refractivity contribution is 5.93. The molecule has 0 unspecified atom stereocenters. The Balaban J connectivity index is 0.00000210. The fraction of sp³-hybridized carbons (Fsp3) is 0.550. The first-order chi connectivity index (χ1) is 12.7. The van der Waals surface area contributed by atoms with E-state index in [1.807, 2.05) is 29.8 Å². The van der Waals surface area contributed by atoms with Gasteiger partial charge in [0.2, 0.25) is 0 Å². The Bertz CT molecular complexity index is 764. The molecule has 1 aliphatic heterocycles. The second-order valence-electron chi connectivity index (χ2n) is 7.56. The van der Waals surface area contributed by atoms with Crippen molar-refractivity contribution in [3.05, 3.63) is 47.3 Å². The number of benzene rings is 1. The molecule has 0 radical (unpaired) electrons. The van der Waals surface area contributed by atoms with Crippen LogP contribution in [0, 0.1) is 6.92 Å². The van der Waals surface area contributed by atoms with Crippen molar-refractivity contribution < 1.29 is 4.79 Å². The quantitative estimate of drug-likeness (QED) is 0.842. The summed E-state index contributed by atoms with van der Waals surface area (Å²) in [5.41, 5.74) is 2.25. The maximum atomic E-state index is 13.1. The monoisotopic (exact) mass is 389 g/mol. The largest absolute Gasteiger partial charge is 0.341 e. The second-order valence-corrected chi connectivity index (χ2v) is 7.56. The van der Waals surface area contributed by atoms with Crippen LogP contribution in [0.25, 0.3) is 0 Å². The smallest absolute Gasteiger partial charge is 0.274 e. The average Bonchev–Trinajstić information content (AvgIpc) is 3.31. The number of aromatic nitrogens is 3. The van der Waals surface area contributed by atoms with Crippen molar-refractivity contribution >= 4 is 18.3 Å². The molecule has 2 aliphatic rings. The summed E-state index contributed by atoms with van der Waals surface area (Å²) in [7, 11) is 0. The first kappa shape index (κ1) is 19.8. The van der Waals surface area contributed by atoms with Gasteiger partial charge >= 0.3 is 0 Å². The zero-order chi connectivity index (χ0) is 18.0. The Hall–Kier alpha value is -1.92. The van der Waals surface area contributed by atoms with Crippen molar-refractivity contribution in [2.45, 2.75) is 57.0 Å². The molecule has 0 bridgehead atoms. The van der Waals surface area contributed by atoms with Gasteiger partial charge in [0.25, 0.3) is 5.91 Å². The van der Waals surface area contributed by atoms with Gasteiger partial charge in [0, 0.05) is 0 Å². The molecule has 1 aromatic carbocycles. The Morgan fingerprint density at radius 2 is 1.85 bits per heavy atom. The number of piperidine rings is 1. The first-order valence-corrected chi connectivity index (χ1v) is 9.70. The number of carbonyl (C=O) groups excluding carboxylic acids is 1. The van der Waals surface area contributed by atoms with Crippen molar-refractivity contribution in [3.8, 4) is 0 Å². The van der Waals surface area contributed by atoms with E-state index in [2.05, 4.69) is 33.1 Å². The van der Waals surface area contributed by atoms with E-state index in [1.54, 1.807) is 0 Å². The fourth-order valence-electron chi connectivity index (χ4n) is 4.45. The molecular weight excluding hydrogens is 362 g/mol. The maximum Gasteiger partial charge on any atom is 0.274 e. The average molecular weight is 390 g/mol. The summed E-state index contributed by atoms with van der Waals surface area (Å²) in [5.74, 6) is -0.103. The Kier molecular flexibility index (Phi) is 6.17. The number of carbonyl (C=O) groups is 1. The van der Waals surface area contributed by atoms with E-state index in [0.717, 1.165) is 57.3 Å². The van der Waals surface area contributed by atoms with Gasteiger partial charge in [-0.25, -0.2) is 4.68 Å². The number of hydrogen-bond acceptors (Lipinski definition) is 4.